The zero-order valence-electron chi connectivity index (χ0n) is 14.2. The number of alkyl halides is 1. The maximum Gasteiger partial charge on any atom is 0.359 e. The Morgan fingerprint density at radius 2 is 1.74 bits per heavy atom. The second-order valence-electron chi connectivity index (χ2n) is 6.69. The number of carboxylic acid groups (broad SMARTS) is 1. The van der Waals surface area contributed by atoms with Gasteiger partial charge in [0.15, 0.2) is 0 Å². The number of aromatic amines is 1. The van der Waals surface area contributed by atoms with Crippen molar-refractivity contribution < 1.29 is 19.0 Å². The van der Waals surface area contributed by atoms with E-state index in [0.717, 1.165) is 16.7 Å². The minimum absolute atomic E-state index is 0.0851. The first-order valence-corrected chi connectivity index (χ1v) is 8.99. The van der Waals surface area contributed by atoms with E-state index in [1.54, 1.807) is 12.1 Å². The van der Waals surface area contributed by atoms with Gasteiger partial charge in [-0.25, -0.2) is 14.3 Å². The maximum absolute atomic E-state index is 13.6. The van der Waals surface area contributed by atoms with Gasteiger partial charge in [0.05, 0.1) is 0 Å². The Bertz CT molecular complexity index is 963. The molecule has 2 N–H and O–H groups in total. The molecule has 27 heavy (non-hydrogen) atoms. The molecule has 6 nitrogen and oxygen atoms in total. The summed E-state index contributed by atoms with van der Waals surface area (Å²) >= 11 is 0. The van der Waals surface area contributed by atoms with Gasteiger partial charge in [-0.2, -0.15) is 0 Å². The van der Waals surface area contributed by atoms with Crippen LogP contribution in [0.2, 0.25) is 0 Å². The summed E-state index contributed by atoms with van der Waals surface area (Å²) in [6.45, 7) is 0. The predicted molar refractivity (Wildman–Crippen MR) is 101 cm³/mol. The van der Waals surface area contributed by atoms with Crippen molar-refractivity contribution in [3.05, 3.63) is 59.8 Å². The van der Waals surface area contributed by atoms with Crippen LogP contribution in [-0.4, -0.2) is 31.9 Å². The first kappa shape index (κ1) is 17.6. The number of halogens is 1. The minimum atomic E-state index is -1.19. The van der Waals surface area contributed by atoms with Crippen LogP contribution in [0.25, 0.3) is 11.1 Å². The van der Waals surface area contributed by atoms with Crippen molar-refractivity contribution in [3.63, 3.8) is 0 Å². The Morgan fingerprint density at radius 3 is 2.30 bits per heavy atom. The largest absolute Gasteiger partial charge is 0.476 e. The number of ether oxygens (including phenoxy) is 1. The van der Waals surface area contributed by atoms with E-state index in [0.29, 0.717) is 18.6 Å². The van der Waals surface area contributed by atoms with Gasteiger partial charge in [0.2, 0.25) is 5.69 Å². The van der Waals surface area contributed by atoms with Gasteiger partial charge in [0, 0.05) is 0 Å². The summed E-state index contributed by atoms with van der Waals surface area (Å²) < 4.78 is 19.1. The van der Waals surface area contributed by atoms with Crippen molar-refractivity contribution in [2.75, 3.05) is 0 Å². The molecule has 1 atom stereocenters. The van der Waals surface area contributed by atoms with Gasteiger partial charge in [-0.05, 0) is 47.6 Å². The third kappa shape index (κ3) is 3.69. The number of hydrogen-bond donors (Lipinski definition) is 2. The van der Waals surface area contributed by atoms with E-state index in [1.165, 1.54) is 0 Å². The molecule has 0 spiro atoms. The quantitative estimate of drug-likeness (QED) is 0.637. The number of benzene rings is 2. The van der Waals surface area contributed by atoms with E-state index in [-0.39, 0.29) is 17.5 Å². The van der Waals surface area contributed by atoms with Crippen LogP contribution in [0.3, 0.4) is 0 Å². The number of nitrogens with one attached hydrogen (secondary N) is 1. The van der Waals surface area contributed by atoms with Gasteiger partial charge in [-0.3, -0.25) is 0 Å². The Balaban J connectivity index is 1.46. The topological polar surface area (TPSA) is 88.1 Å². The molecule has 1 aromatic heterocycles. The highest BCUT2D eigenvalue weighted by Crippen LogP contribution is 2.51. The number of hydrogen-bond acceptors (Lipinski definition) is 4. The van der Waals surface area contributed by atoms with E-state index < -0.39 is 11.4 Å². The van der Waals surface area contributed by atoms with E-state index in [9.17, 15) is 9.18 Å². The predicted octanol–water partition coefficient (Wildman–Crippen LogP) is 4.38. The third-order valence-corrected chi connectivity index (χ3v) is 5.16. The minimum Gasteiger partial charge on any atom is -0.476 e. The van der Waals surface area contributed by atoms with Crippen LogP contribution in [0.1, 0.15) is 34.8 Å². The van der Waals surface area contributed by atoms with Gasteiger partial charge < -0.3 is 9.84 Å². The molecule has 1 unspecified atom stereocenters. The number of rotatable bonds is 5. The van der Waals surface area contributed by atoms with Crippen molar-refractivity contribution in [1.29, 1.82) is 0 Å². The molecule has 1 aliphatic carbocycles. The van der Waals surface area contributed by atoms with E-state index >= 15 is 0 Å². The van der Waals surface area contributed by atoms with E-state index in [4.69, 9.17) is 9.84 Å². The summed E-state index contributed by atoms with van der Waals surface area (Å²) in [7, 11) is 2.28. The fourth-order valence-corrected chi connectivity index (χ4v) is 3.77. The molecule has 0 bridgehead atoms. The van der Waals surface area contributed by atoms with Crippen LogP contribution >= 0.6 is 9.24 Å². The summed E-state index contributed by atoms with van der Waals surface area (Å²) in [4.78, 5) is 11.0. The number of H-pyrrole nitrogens is 1. The number of aromatic nitrogens is 3. The maximum atomic E-state index is 13.6. The molecule has 138 valence electrons. The van der Waals surface area contributed by atoms with Crippen LogP contribution in [0, 0.1) is 0 Å². The second kappa shape index (κ2) is 6.74. The smallest absolute Gasteiger partial charge is 0.359 e. The molecule has 3 aromatic rings. The molecule has 4 rings (SSSR count). The molecule has 0 amide bonds. The van der Waals surface area contributed by atoms with Crippen LogP contribution in [0.4, 0.5) is 4.39 Å². The second-order valence-corrected chi connectivity index (χ2v) is 7.72. The molecule has 1 fully saturated rings. The van der Waals surface area contributed by atoms with Crippen LogP contribution in [0.15, 0.2) is 48.5 Å². The molecular weight excluding hydrogens is 368 g/mol. The first-order chi connectivity index (χ1) is 12.9. The summed E-state index contributed by atoms with van der Waals surface area (Å²) in [6.07, 6.45) is 1.09. The normalized spacial score (nSPS) is 21.5. The molecule has 1 saturated carbocycles. The van der Waals surface area contributed by atoms with Crippen molar-refractivity contribution in [1.82, 2.24) is 15.4 Å². The molecular formula is C19H17FN3O3P. The van der Waals surface area contributed by atoms with Crippen molar-refractivity contribution in [2.45, 2.75) is 24.2 Å². The monoisotopic (exact) mass is 385 g/mol. The summed E-state index contributed by atoms with van der Waals surface area (Å²) in [5.74, 6) is -0.535. The van der Waals surface area contributed by atoms with Crippen LogP contribution in [0.5, 0.6) is 11.6 Å². The van der Waals surface area contributed by atoms with Gasteiger partial charge in [-0.15, -0.1) is 0 Å². The molecule has 0 aliphatic heterocycles. The van der Waals surface area contributed by atoms with Gasteiger partial charge in [0.25, 0.3) is 5.88 Å². The lowest BCUT2D eigenvalue weighted by Gasteiger charge is -2.38. The number of carbonyl (C=O) groups is 1. The Morgan fingerprint density at radius 1 is 1.15 bits per heavy atom. The van der Waals surface area contributed by atoms with E-state index in [1.807, 2.05) is 36.4 Å². The average Bonchev–Trinajstić information content (AvgIpc) is 3.09. The Hall–Kier alpha value is -2.79. The number of aromatic carboxylic acids is 1. The van der Waals surface area contributed by atoms with Crippen LogP contribution in [-0.2, 0) is 0 Å². The van der Waals surface area contributed by atoms with Gasteiger partial charge >= 0.3 is 5.97 Å². The van der Waals surface area contributed by atoms with Crippen LogP contribution < -0.4 is 4.74 Å². The molecule has 0 saturated heterocycles. The number of carboxylic acids is 1. The molecule has 8 heteroatoms. The zero-order chi connectivity index (χ0) is 19.0. The Labute approximate surface area is 157 Å². The van der Waals surface area contributed by atoms with Crippen molar-refractivity contribution in [3.8, 4) is 22.8 Å². The summed E-state index contributed by atoms with van der Waals surface area (Å²) in [5, 5.41) is 17.3. The fraction of sp³-hybridized carbons (Fsp3) is 0.211. The van der Waals surface area contributed by atoms with Crippen molar-refractivity contribution >= 4 is 15.2 Å². The first-order valence-electron chi connectivity index (χ1n) is 8.42. The standard InChI is InChI=1S/C19H17FN3O3P/c20-19(27)9-14(10-19)13-3-1-11(2-4-13)12-5-7-15(8-6-12)26-17-16(18(24)25)21-23-22-17/h1-8,14H,9-10,27H2,(H,24,25)(H,21,22,23). The zero-order valence-corrected chi connectivity index (χ0v) is 15.4. The fourth-order valence-electron chi connectivity index (χ4n) is 3.20. The molecule has 2 aromatic carbocycles. The lowest BCUT2D eigenvalue weighted by Crippen LogP contribution is -2.31. The Kier molecular flexibility index (Phi) is 4.40. The lowest BCUT2D eigenvalue weighted by molar-refractivity contribution is 0.0687. The highest BCUT2D eigenvalue weighted by Gasteiger charge is 2.41. The molecule has 1 aliphatic rings. The van der Waals surface area contributed by atoms with E-state index in [2.05, 4.69) is 24.7 Å². The lowest BCUT2D eigenvalue weighted by atomic mass is 9.77. The SMILES string of the molecule is O=C(O)c1[nH]nnc1Oc1ccc(-c2ccc(C3CC(F)(P)C3)cc2)cc1. The molecule has 0 radical (unpaired) electrons. The van der Waals surface area contributed by atoms with Gasteiger partial charge in [0.1, 0.15) is 11.2 Å². The van der Waals surface area contributed by atoms with Gasteiger partial charge in [-0.1, -0.05) is 56.0 Å². The average molecular weight is 385 g/mol. The summed E-state index contributed by atoms with van der Waals surface area (Å²) in [6, 6.07) is 15.4. The highest BCUT2D eigenvalue weighted by molar-refractivity contribution is 7.18. The summed E-state index contributed by atoms with van der Waals surface area (Å²) in [5.41, 5.74) is 2.98. The third-order valence-electron chi connectivity index (χ3n) is 4.69. The van der Waals surface area contributed by atoms with Crippen molar-refractivity contribution in [2.24, 2.45) is 0 Å². The molecule has 1 heterocycles. The number of nitrogens with zero attached hydrogens (tertiary/aromatic N) is 2. The highest BCUT2D eigenvalue weighted by atomic mass is 31.0.